The number of rotatable bonds is 34. The van der Waals surface area contributed by atoms with Crippen LogP contribution in [0.1, 0.15) is 20.8 Å². The van der Waals surface area contributed by atoms with Crippen LogP contribution >= 0.6 is 0 Å². The summed E-state index contributed by atoms with van der Waals surface area (Å²) >= 11 is 0. The van der Waals surface area contributed by atoms with Crippen LogP contribution in [0.25, 0.3) is 0 Å². The van der Waals surface area contributed by atoms with E-state index in [9.17, 15) is 0 Å². The zero-order valence-electron chi connectivity index (χ0n) is 31.2. The van der Waals surface area contributed by atoms with Crippen molar-refractivity contribution in [1.29, 1.82) is 0 Å². The molecule has 0 aliphatic heterocycles. The topological polar surface area (TPSA) is 102 Å². The average Bonchev–Trinajstić information content (AvgIpc) is 3.14. The Bertz CT molecular complexity index is 1060. The predicted octanol–water partition coefficient (Wildman–Crippen LogP) is 3.36. The fourth-order valence-electron chi connectivity index (χ4n) is 5.13. The van der Waals surface area contributed by atoms with Crippen LogP contribution in [0.5, 0.6) is 0 Å². The molecule has 11 nitrogen and oxygen atoms in total. The number of benzene rings is 2. The van der Waals surface area contributed by atoms with E-state index in [0.717, 1.165) is 0 Å². The molecule has 2 aromatic rings. The Morgan fingerprint density at radius 1 is 0.412 bits per heavy atom. The molecule has 0 bridgehead atoms. The van der Waals surface area contributed by atoms with Crippen molar-refractivity contribution in [3.63, 3.8) is 0 Å². The first kappa shape index (κ1) is 44.9. The summed E-state index contributed by atoms with van der Waals surface area (Å²) < 4.78 is 61.8. The van der Waals surface area contributed by atoms with Gasteiger partial charge in [0.25, 0.3) is 8.32 Å². The SMILES string of the molecule is C#CCOCCOCCOCCOCCOCCOCCOCCOCCOCCOCCO[Si](c1ccccc1)(c1ccccc1)C(C)(C)C. The summed E-state index contributed by atoms with van der Waals surface area (Å²) in [6.07, 6.45) is 5.09. The highest BCUT2D eigenvalue weighted by Gasteiger charge is 2.50. The molecular formula is C39H62O11Si. The zero-order valence-corrected chi connectivity index (χ0v) is 32.2. The molecule has 51 heavy (non-hydrogen) atoms. The lowest BCUT2D eigenvalue weighted by Crippen LogP contribution is -2.66. The monoisotopic (exact) mass is 734 g/mol. The smallest absolute Gasteiger partial charge is 0.261 e. The number of terminal acetylenes is 1. The lowest BCUT2D eigenvalue weighted by Gasteiger charge is -2.43. The minimum absolute atomic E-state index is 0.0562. The van der Waals surface area contributed by atoms with Gasteiger partial charge in [-0.15, -0.1) is 6.42 Å². The lowest BCUT2D eigenvalue weighted by atomic mass is 10.2. The third-order valence-electron chi connectivity index (χ3n) is 7.50. The summed E-state index contributed by atoms with van der Waals surface area (Å²) in [6, 6.07) is 21.3. The first-order valence-corrected chi connectivity index (χ1v) is 19.9. The van der Waals surface area contributed by atoms with Crippen LogP contribution < -0.4 is 10.4 Å². The molecule has 0 unspecified atom stereocenters. The van der Waals surface area contributed by atoms with Gasteiger partial charge in [-0.05, 0) is 15.4 Å². The van der Waals surface area contributed by atoms with E-state index in [2.05, 4.69) is 87.4 Å². The molecule has 0 aliphatic rings. The van der Waals surface area contributed by atoms with Crippen LogP contribution in [-0.2, 0) is 51.8 Å². The third kappa shape index (κ3) is 20.6. The molecule has 0 heterocycles. The quantitative estimate of drug-likeness (QED) is 0.0602. The van der Waals surface area contributed by atoms with Gasteiger partial charge in [0.2, 0.25) is 0 Å². The van der Waals surface area contributed by atoms with Crippen LogP contribution in [0, 0.1) is 12.3 Å². The third-order valence-corrected chi connectivity index (χ3v) is 12.5. The van der Waals surface area contributed by atoms with E-state index < -0.39 is 8.32 Å². The molecule has 0 N–H and O–H groups in total. The molecule has 0 amide bonds. The van der Waals surface area contributed by atoms with Crippen LogP contribution in [0.3, 0.4) is 0 Å². The Morgan fingerprint density at radius 3 is 0.922 bits per heavy atom. The van der Waals surface area contributed by atoms with Gasteiger partial charge in [0.05, 0.1) is 132 Å². The van der Waals surface area contributed by atoms with E-state index in [-0.39, 0.29) is 5.04 Å². The molecule has 0 aromatic heterocycles. The number of hydrogen-bond acceptors (Lipinski definition) is 11. The first-order chi connectivity index (χ1) is 25.0. The van der Waals surface area contributed by atoms with Crippen LogP contribution in [0.2, 0.25) is 5.04 Å². The molecule has 0 saturated carbocycles. The Labute approximate surface area is 307 Å². The Kier molecular flexibility index (Phi) is 26.7. The van der Waals surface area contributed by atoms with Crippen molar-refractivity contribution in [3.05, 3.63) is 60.7 Å². The molecule has 0 spiro atoms. The standard InChI is InChI=1S/C39H62O11Si/c1-5-16-40-17-18-41-19-20-42-21-22-43-23-24-44-25-26-45-27-28-46-29-30-47-31-32-48-33-34-49-35-36-50-51(39(2,3)4,37-12-8-6-9-13-37)38-14-10-7-11-15-38/h1,6-15H,16-36H2,2-4H3. The van der Waals surface area contributed by atoms with Gasteiger partial charge in [-0.1, -0.05) is 87.4 Å². The minimum atomic E-state index is -2.54. The summed E-state index contributed by atoms with van der Waals surface area (Å²) in [4.78, 5) is 0. The van der Waals surface area contributed by atoms with Gasteiger partial charge in [-0.2, -0.15) is 0 Å². The Morgan fingerprint density at radius 2 is 0.667 bits per heavy atom. The summed E-state index contributed by atoms with van der Waals surface area (Å²) in [6.45, 7) is 17.3. The maximum absolute atomic E-state index is 6.84. The van der Waals surface area contributed by atoms with E-state index in [1.807, 2.05) is 0 Å². The predicted molar refractivity (Wildman–Crippen MR) is 201 cm³/mol. The van der Waals surface area contributed by atoms with E-state index in [4.69, 9.17) is 58.2 Å². The van der Waals surface area contributed by atoms with E-state index in [1.165, 1.54) is 10.4 Å². The molecule has 288 valence electrons. The second-order valence-electron chi connectivity index (χ2n) is 12.3. The summed E-state index contributed by atoms with van der Waals surface area (Å²) in [7, 11) is -2.54. The molecule has 0 aliphatic carbocycles. The van der Waals surface area contributed by atoms with Gasteiger partial charge >= 0.3 is 0 Å². The zero-order chi connectivity index (χ0) is 36.6. The highest BCUT2D eigenvalue weighted by atomic mass is 28.4. The van der Waals surface area contributed by atoms with E-state index in [0.29, 0.717) is 139 Å². The Hall–Kier alpha value is -2.22. The lowest BCUT2D eigenvalue weighted by molar-refractivity contribution is -0.0264. The highest BCUT2D eigenvalue weighted by molar-refractivity contribution is 6.99. The van der Waals surface area contributed by atoms with Crippen molar-refractivity contribution in [2.45, 2.75) is 25.8 Å². The summed E-state index contributed by atoms with van der Waals surface area (Å²) in [5.41, 5.74) is 0. The van der Waals surface area contributed by atoms with Crippen LogP contribution in [0.4, 0.5) is 0 Å². The number of ether oxygens (including phenoxy) is 10. The minimum Gasteiger partial charge on any atom is -0.405 e. The largest absolute Gasteiger partial charge is 0.405 e. The molecular weight excluding hydrogens is 673 g/mol. The molecule has 2 rings (SSSR count). The maximum atomic E-state index is 6.84. The average molecular weight is 735 g/mol. The van der Waals surface area contributed by atoms with Gasteiger partial charge in [-0.3, -0.25) is 0 Å². The molecule has 0 fully saturated rings. The van der Waals surface area contributed by atoms with Crippen molar-refractivity contribution >= 4 is 18.7 Å². The molecule has 0 atom stereocenters. The van der Waals surface area contributed by atoms with Crippen molar-refractivity contribution in [2.75, 3.05) is 139 Å². The second-order valence-corrected chi connectivity index (χ2v) is 16.6. The van der Waals surface area contributed by atoms with E-state index in [1.54, 1.807) is 0 Å². The fourth-order valence-corrected chi connectivity index (χ4v) is 9.67. The van der Waals surface area contributed by atoms with Gasteiger partial charge in [-0.25, -0.2) is 0 Å². The normalized spacial score (nSPS) is 12.0. The van der Waals surface area contributed by atoms with Crippen LogP contribution in [0.15, 0.2) is 60.7 Å². The molecule has 0 saturated heterocycles. The number of hydrogen-bond donors (Lipinski definition) is 0. The maximum Gasteiger partial charge on any atom is 0.261 e. The van der Waals surface area contributed by atoms with Gasteiger partial charge < -0.3 is 51.8 Å². The van der Waals surface area contributed by atoms with Crippen molar-refractivity contribution in [1.82, 2.24) is 0 Å². The van der Waals surface area contributed by atoms with Crippen LogP contribution in [-0.4, -0.2) is 147 Å². The molecule has 2 aromatic carbocycles. The summed E-state index contributed by atoms with van der Waals surface area (Å²) in [5, 5.41) is 2.48. The van der Waals surface area contributed by atoms with Gasteiger partial charge in [0.1, 0.15) is 6.61 Å². The van der Waals surface area contributed by atoms with Crippen molar-refractivity contribution in [3.8, 4) is 12.3 Å². The van der Waals surface area contributed by atoms with E-state index >= 15 is 0 Å². The first-order valence-electron chi connectivity index (χ1n) is 18.0. The van der Waals surface area contributed by atoms with Crippen molar-refractivity contribution in [2.24, 2.45) is 0 Å². The fraction of sp³-hybridized carbons (Fsp3) is 0.641. The van der Waals surface area contributed by atoms with Gasteiger partial charge in [0, 0.05) is 0 Å². The van der Waals surface area contributed by atoms with Crippen molar-refractivity contribution < 1.29 is 51.8 Å². The summed E-state index contributed by atoms with van der Waals surface area (Å²) in [5.74, 6) is 2.40. The second kappa shape index (κ2) is 30.3. The Balaban J connectivity index is 1.33. The molecule has 12 heteroatoms. The highest BCUT2D eigenvalue weighted by Crippen LogP contribution is 2.36. The van der Waals surface area contributed by atoms with Gasteiger partial charge in [0.15, 0.2) is 0 Å². The molecule has 0 radical (unpaired) electrons.